The van der Waals surface area contributed by atoms with Crippen molar-refractivity contribution in [3.8, 4) is 22.8 Å². The molecule has 2 heterocycles. The summed E-state index contributed by atoms with van der Waals surface area (Å²) >= 11 is 0.331. The van der Waals surface area contributed by atoms with Crippen LogP contribution in [0, 0.1) is 30.7 Å². The second-order valence-corrected chi connectivity index (χ2v) is 13.1. The molecule has 4 aromatic rings. The van der Waals surface area contributed by atoms with Crippen molar-refractivity contribution >= 4 is 29.9 Å². The van der Waals surface area contributed by atoms with Gasteiger partial charge in [0.05, 0.1) is 0 Å². The number of aliphatic hydroxyl groups is 1. The topological polar surface area (TPSA) is 59.4 Å². The number of aromatic nitrogens is 1. The zero-order valence-electron chi connectivity index (χ0n) is 24.7. The molecule has 0 unspecified atom stereocenters. The van der Waals surface area contributed by atoms with Gasteiger partial charge in [-0.1, -0.05) is 41.5 Å². The third kappa shape index (κ3) is 8.75. The summed E-state index contributed by atoms with van der Waals surface area (Å²) in [6.45, 7) is 15.7. The molecule has 1 radical (unpaired) electrons. The van der Waals surface area contributed by atoms with Crippen LogP contribution in [-0.2, 0) is 24.9 Å². The summed E-state index contributed by atoms with van der Waals surface area (Å²) < 4.78 is 7.27. The van der Waals surface area contributed by atoms with Crippen LogP contribution in [0.3, 0.4) is 0 Å². The minimum absolute atomic E-state index is 0. The van der Waals surface area contributed by atoms with Gasteiger partial charge in [-0.05, 0) is 12.8 Å². The second-order valence-electron chi connectivity index (χ2n) is 11.2. The van der Waals surface area contributed by atoms with Gasteiger partial charge in [-0.2, -0.15) is 0 Å². The number of nitrogens with zero attached hydrogens (tertiary/aromatic N) is 1. The van der Waals surface area contributed by atoms with Crippen LogP contribution in [0.2, 0.25) is 0 Å². The van der Waals surface area contributed by atoms with Crippen molar-refractivity contribution in [2.75, 3.05) is 0 Å². The van der Waals surface area contributed by atoms with Gasteiger partial charge in [-0.15, -0.1) is 0 Å². The van der Waals surface area contributed by atoms with Crippen molar-refractivity contribution < 1.29 is 34.7 Å². The van der Waals surface area contributed by atoms with E-state index in [2.05, 4.69) is 59.3 Å². The van der Waals surface area contributed by atoms with Gasteiger partial charge in [-0.3, -0.25) is 4.79 Å². The summed E-state index contributed by atoms with van der Waals surface area (Å²) in [5.41, 5.74) is 4.07. The number of ether oxygens (including phenoxy) is 1. The van der Waals surface area contributed by atoms with Crippen molar-refractivity contribution in [3.05, 3.63) is 88.7 Å². The smallest absolute Gasteiger partial charge is 0 e. The first kappa shape index (κ1) is 33.7. The van der Waals surface area contributed by atoms with Crippen molar-refractivity contribution in [1.29, 1.82) is 0 Å². The van der Waals surface area contributed by atoms with Gasteiger partial charge < -0.3 is 5.11 Å². The zero-order valence-corrected chi connectivity index (χ0v) is 28.8. The number of fused-ring (bicyclic) bond motifs is 1. The van der Waals surface area contributed by atoms with Crippen LogP contribution >= 0.6 is 0 Å². The first-order valence-electron chi connectivity index (χ1n) is 13.4. The molecule has 0 saturated carbocycles. The van der Waals surface area contributed by atoms with Crippen molar-refractivity contribution in [2.24, 2.45) is 10.8 Å². The van der Waals surface area contributed by atoms with E-state index < -0.39 is 0 Å². The van der Waals surface area contributed by atoms with E-state index in [0.717, 1.165) is 24.0 Å². The molecule has 0 spiro atoms. The van der Waals surface area contributed by atoms with E-state index in [1.54, 1.807) is 0 Å². The number of aliphatic hydroxyl groups excluding tert-OH is 1. The van der Waals surface area contributed by atoms with Crippen LogP contribution in [0.4, 0.5) is 0 Å². The number of carbonyl (C=O) groups is 1. The van der Waals surface area contributed by atoms with Crippen LogP contribution in [0.25, 0.3) is 20.8 Å². The van der Waals surface area contributed by atoms with E-state index in [4.69, 9.17) is 4.74 Å². The Morgan fingerprint density at radius 3 is 2.27 bits per heavy atom. The molecule has 1 N–H and O–H groups in total. The zero-order chi connectivity index (χ0) is 28.8. The molecular formula is C34H40IrNO3Se-. The van der Waals surface area contributed by atoms with Crippen LogP contribution in [0.5, 0.6) is 11.6 Å². The summed E-state index contributed by atoms with van der Waals surface area (Å²) in [5.74, 6) is 1.53. The summed E-state index contributed by atoms with van der Waals surface area (Å²) in [6.07, 6.45) is 4.93. The van der Waals surface area contributed by atoms with Gasteiger partial charge in [0.2, 0.25) is 0 Å². The third-order valence-electron chi connectivity index (χ3n) is 7.25. The largest absolute Gasteiger partial charge is 0 e. The molecule has 4 nitrogen and oxygen atoms in total. The number of carbonyl (C=O) groups excluding carboxylic acids is 1. The van der Waals surface area contributed by atoms with E-state index in [0.29, 0.717) is 26.1 Å². The molecule has 2 aromatic heterocycles. The number of hydrogen-bond acceptors (Lipinski definition) is 4. The number of aryl methyl sites for hydroxylation is 2. The standard InChI is InChI=1S/C21H16NOSe.C13H24O2.Ir/c1-14-8-15(2)10-17(9-14)23-21-11-18-19(13-24-20(18)12-22-21)16-6-4-3-5-7-16;1-7-12(3,4)10(14)9-11(15)13(5,6)8-2;/h3-9,11-13H,1-2H3;9,14H,7-8H2,1-6H3;/q-1;;/b;10-9-;. The minimum Gasteiger partial charge on any atom is 0 e. The Morgan fingerprint density at radius 1 is 1.02 bits per heavy atom. The Kier molecular flexibility index (Phi) is 12.2. The first-order chi connectivity index (χ1) is 18.4. The Hall–Kier alpha value is -2.49. The minimum atomic E-state index is -0.377. The summed E-state index contributed by atoms with van der Waals surface area (Å²) in [4.78, 5) is 18.6. The Bertz CT molecular complexity index is 1430. The van der Waals surface area contributed by atoms with Crippen LogP contribution in [0.1, 0.15) is 65.5 Å². The number of rotatable bonds is 8. The van der Waals surface area contributed by atoms with Gasteiger partial charge in [-0.25, -0.2) is 0 Å². The van der Waals surface area contributed by atoms with E-state index in [-0.39, 0.29) is 42.5 Å². The predicted octanol–water partition coefficient (Wildman–Crippen LogP) is 9.04. The van der Waals surface area contributed by atoms with Gasteiger partial charge >= 0.3 is 147 Å². The Labute approximate surface area is 259 Å². The monoisotopic (exact) mass is 783 g/mol. The number of allylic oxidation sites excluding steroid dienone is 2. The molecule has 0 aliphatic rings. The number of benzene rings is 2. The van der Waals surface area contributed by atoms with Crippen LogP contribution < -0.4 is 4.74 Å². The number of pyridine rings is 1. The van der Waals surface area contributed by atoms with E-state index in [9.17, 15) is 9.90 Å². The fraction of sp³-hybridized carbons (Fsp3) is 0.353. The van der Waals surface area contributed by atoms with Crippen molar-refractivity contribution in [2.45, 2.75) is 68.2 Å². The molecule has 4 rings (SSSR count). The molecule has 0 bridgehead atoms. The van der Waals surface area contributed by atoms with Crippen LogP contribution in [-0.4, -0.2) is 30.4 Å². The SMILES string of the molecule is CCC(C)(C)C(=O)/C=C(\O)C(C)(C)CC.Cc1[c-]c(Oc2cc3c(-c4ccccc4)c[se]c3cn2)cc(C)c1.[Ir]. The average Bonchev–Trinajstić information content (AvgIpc) is 3.32. The fourth-order valence-electron chi connectivity index (χ4n) is 3.71. The van der Waals surface area contributed by atoms with E-state index in [1.807, 2.05) is 66.8 Å². The predicted molar refractivity (Wildman–Crippen MR) is 163 cm³/mol. The van der Waals surface area contributed by atoms with Gasteiger partial charge in [0.25, 0.3) is 0 Å². The number of ketones is 1. The molecule has 0 atom stereocenters. The maximum atomic E-state index is 11.8. The maximum absolute atomic E-state index is 11.8. The maximum Gasteiger partial charge on any atom is 0 e. The first-order valence-corrected chi connectivity index (χ1v) is 15.3. The molecule has 2 aromatic carbocycles. The van der Waals surface area contributed by atoms with Gasteiger partial charge in [0.1, 0.15) is 5.76 Å². The molecule has 0 amide bonds. The number of hydrogen-bond donors (Lipinski definition) is 1. The summed E-state index contributed by atoms with van der Waals surface area (Å²) in [5, 5.41) is 11.1. The van der Waals surface area contributed by atoms with Crippen molar-refractivity contribution in [3.63, 3.8) is 0 Å². The third-order valence-corrected chi connectivity index (χ3v) is 9.21. The Morgan fingerprint density at radius 2 is 1.68 bits per heavy atom. The molecule has 0 aliphatic heterocycles. The second kappa shape index (κ2) is 14.4. The molecular weight excluding hydrogens is 742 g/mol. The van der Waals surface area contributed by atoms with Gasteiger partial charge in [0.15, 0.2) is 5.78 Å². The summed E-state index contributed by atoms with van der Waals surface area (Å²) in [7, 11) is 0. The molecule has 6 heteroatoms. The van der Waals surface area contributed by atoms with Crippen LogP contribution in [0.15, 0.2) is 71.5 Å². The normalized spacial score (nSPS) is 11.8. The van der Waals surface area contributed by atoms with E-state index >= 15 is 0 Å². The quantitative estimate of drug-likeness (QED) is 0.0840. The summed E-state index contributed by atoms with van der Waals surface area (Å²) in [6, 6.07) is 19.8. The molecule has 215 valence electrons. The molecule has 0 fully saturated rings. The van der Waals surface area contributed by atoms with E-state index in [1.165, 1.54) is 26.8 Å². The molecule has 40 heavy (non-hydrogen) atoms. The van der Waals surface area contributed by atoms with Gasteiger partial charge in [0, 0.05) is 37.0 Å². The average molecular weight is 782 g/mol. The Balaban J connectivity index is 0.000000307. The molecule has 0 aliphatic carbocycles. The van der Waals surface area contributed by atoms with Crippen molar-refractivity contribution in [1.82, 2.24) is 4.98 Å². The fourth-order valence-corrected chi connectivity index (χ4v) is 5.63. The molecule has 0 saturated heterocycles.